The quantitative estimate of drug-likeness (QED) is 0.449. The summed E-state index contributed by atoms with van der Waals surface area (Å²) in [5, 5.41) is 12.0. The maximum absolute atomic E-state index is 12.5. The number of rotatable bonds is 10. The molecule has 1 atom stereocenters. The second kappa shape index (κ2) is 11.6. The summed E-state index contributed by atoms with van der Waals surface area (Å²) in [7, 11) is 1.98. The molecule has 7 heteroatoms. The Hall–Kier alpha value is -3.68. The van der Waals surface area contributed by atoms with E-state index in [4.69, 9.17) is 9.84 Å². The van der Waals surface area contributed by atoms with Crippen molar-refractivity contribution < 1.29 is 19.4 Å². The Morgan fingerprint density at radius 2 is 1.69 bits per heavy atom. The van der Waals surface area contributed by atoms with Gasteiger partial charge in [-0.15, -0.1) is 0 Å². The number of aromatic carboxylic acids is 1. The van der Waals surface area contributed by atoms with Crippen molar-refractivity contribution in [2.75, 3.05) is 38.5 Å². The Bertz CT molecular complexity index is 1120. The highest BCUT2D eigenvalue weighted by Crippen LogP contribution is 2.23. The first-order valence-corrected chi connectivity index (χ1v) is 11.8. The van der Waals surface area contributed by atoms with Gasteiger partial charge in [-0.3, -0.25) is 14.6 Å². The molecule has 2 N–H and O–H groups in total. The Balaban J connectivity index is 1.18. The zero-order valence-electron chi connectivity index (χ0n) is 19.9. The molecule has 1 aliphatic rings. The van der Waals surface area contributed by atoms with Crippen LogP contribution in [0.4, 0.5) is 5.69 Å². The van der Waals surface area contributed by atoms with Crippen LogP contribution >= 0.6 is 0 Å². The lowest BCUT2D eigenvalue weighted by molar-refractivity contribution is -0.117. The average Bonchev–Trinajstić information content (AvgIpc) is 3.27. The van der Waals surface area contributed by atoms with Gasteiger partial charge in [-0.1, -0.05) is 30.3 Å². The summed E-state index contributed by atoms with van der Waals surface area (Å²) in [5.74, 6) is 1.04. The molecule has 1 unspecified atom stereocenters. The maximum Gasteiger partial charge on any atom is 0.335 e. The highest BCUT2D eigenvalue weighted by Gasteiger charge is 2.24. The van der Waals surface area contributed by atoms with Crippen molar-refractivity contribution in [3.05, 3.63) is 90.0 Å². The summed E-state index contributed by atoms with van der Waals surface area (Å²) in [6.07, 6.45) is 1.09. The van der Waals surface area contributed by atoms with Gasteiger partial charge in [0.2, 0.25) is 5.91 Å². The molecule has 182 valence electrons. The number of carbonyl (C=O) groups excluding carboxylic acids is 1. The zero-order valence-corrected chi connectivity index (χ0v) is 19.9. The van der Waals surface area contributed by atoms with Crippen molar-refractivity contribution in [3.8, 4) is 11.5 Å². The number of para-hydroxylation sites is 1. The molecule has 0 aliphatic carbocycles. The van der Waals surface area contributed by atoms with E-state index in [-0.39, 0.29) is 5.91 Å². The van der Waals surface area contributed by atoms with Crippen molar-refractivity contribution in [2.24, 2.45) is 5.92 Å². The number of carboxylic acids is 1. The lowest BCUT2D eigenvalue weighted by atomic mass is 10.1. The molecule has 1 amide bonds. The Morgan fingerprint density at radius 1 is 1.00 bits per heavy atom. The van der Waals surface area contributed by atoms with Crippen molar-refractivity contribution in [3.63, 3.8) is 0 Å². The average molecular weight is 474 g/mol. The number of likely N-dealkylation sites (N-methyl/N-ethyl adjacent to an activating group) is 1. The molecular formula is C28H31N3O4. The van der Waals surface area contributed by atoms with Crippen LogP contribution in [0.15, 0.2) is 78.9 Å². The summed E-state index contributed by atoms with van der Waals surface area (Å²) >= 11 is 0. The normalized spacial score (nSPS) is 15.8. The van der Waals surface area contributed by atoms with E-state index in [1.54, 1.807) is 12.1 Å². The number of amides is 1. The number of nitrogens with zero attached hydrogens (tertiary/aromatic N) is 2. The van der Waals surface area contributed by atoms with Crippen LogP contribution in [0.3, 0.4) is 0 Å². The minimum Gasteiger partial charge on any atom is -0.478 e. The molecule has 7 nitrogen and oxygen atoms in total. The summed E-state index contributed by atoms with van der Waals surface area (Å²) < 4.78 is 5.79. The molecule has 3 aromatic rings. The second-order valence-corrected chi connectivity index (χ2v) is 9.08. The van der Waals surface area contributed by atoms with Gasteiger partial charge in [-0.25, -0.2) is 4.79 Å². The van der Waals surface area contributed by atoms with Gasteiger partial charge in [-0.2, -0.15) is 0 Å². The van der Waals surface area contributed by atoms with Gasteiger partial charge in [0.15, 0.2) is 0 Å². The topological polar surface area (TPSA) is 82.1 Å². The van der Waals surface area contributed by atoms with Gasteiger partial charge in [0.1, 0.15) is 11.5 Å². The van der Waals surface area contributed by atoms with E-state index in [9.17, 15) is 9.59 Å². The number of ether oxygens (including phenoxy) is 1. The molecule has 0 saturated carbocycles. The highest BCUT2D eigenvalue weighted by atomic mass is 16.5. The molecule has 1 fully saturated rings. The standard InChI is InChI=1S/C28H31N3O4/c1-30(17-22-15-16-31(19-22)18-21-7-9-23(10-8-21)28(33)34)20-27(32)29-24-11-13-26(14-12-24)35-25-5-3-2-4-6-25/h2-14,22H,15-20H2,1H3,(H,29,32)(H,33,34). The third-order valence-electron chi connectivity index (χ3n) is 6.08. The van der Waals surface area contributed by atoms with Crippen molar-refractivity contribution in [2.45, 2.75) is 13.0 Å². The summed E-state index contributed by atoms with van der Waals surface area (Å²) in [5.41, 5.74) is 2.16. The molecule has 1 aliphatic heterocycles. The minimum atomic E-state index is -0.904. The van der Waals surface area contributed by atoms with Crippen molar-refractivity contribution in [1.29, 1.82) is 0 Å². The largest absolute Gasteiger partial charge is 0.478 e. The zero-order chi connectivity index (χ0) is 24.6. The summed E-state index contributed by atoms with van der Waals surface area (Å²) in [6, 6.07) is 24.0. The van der Waals surface area contributed by atoms with Crippen LogP contribution < -0.4 is 10.1 Å². The van der Waals surface area contributed by atoms with E-state index in [1.165, 1.54) is 0 Å². The lowest BCUT2D eigenvalue weighted by Crippen LogP contribution is -2.34. The summed E-state index contributed by atoms with van der Waals surface area (Å²) in [6.45, 7) is 3.96. The van der Waals surface area contributed by atoms with Crippen LogP contribution in [0.2, 0.25) is 0 Å². The first-order valence-electron chi connectivity index (χ1n) is 11.8. The molecular weight excluding hydrogens is 442 g/mol. The van der Waals surface area contributed by atoms with E-state index in [0.717, 1.165) is 55.3 Å². The van der Waals surface area contributed by atoms with Gasteiger partial charge in [-0.05, 0) is 80.0 Å². The van der Waals surface area contributed by atoms with E-state index in [2.05, 4.69) is 15.1 Å². The van der Waals surface area contributed by atoms with Gasteiger partial charge < -0.3 is 15.2 Å². The number of hydrogen-bond acceptors (Lipinski definition) is 5. The van der Waals surface area contributed by atoms with Crippen LogP contribution in [-0.4, -0.2) is 60.0 Å². The summed E-state index contributed by atoms with van der Waals surface area (Å²) in [4.78, 5) is 28.0. The number of hydrogen-bond donors (Lipinski definition) is 2. The smallest absolute Gasteiger partial charge is 0.335 e. The minimum absolute atomic E-state index is 0.0439. The van der Waals surface area contributed by atoms with Crippen LogP contribution in [0.1, 0.15) is 22.3 Å². The molecule has 1 heterocycles. The van der Waals surface area contributed by atoms with Crippen LogP contribution in [0.25, 0.3) is 0 Å². The van der Waals surface area contributed by atoms with Crippen molar-refractivity contribution in [1.82, 2.24) is 9.80 Å². The number of nitrogens with one attached hydrogen (secondary N) is 1. The van der Waals surface area contributed by atoms with E-state index in [0.29, 0.717) is 18.0 Å². The van der Waals surface area contributed by atoms with E-state index >= 15 is 0 Å². The number of benzene rings is 3. The first-order chi connectivity index (χ1) is 16.9. The molecule has 3 aromatic carbocycles. The van der Waals surface area contributed by atoms with Crippen LogP contribution in [0.5, 0.6) is 11.5 Å². The predicted molar refractivity (Wildman–Crippen MR) is 136 cm³/mol. The Labute approximate surface area is 205 Å². The molecule has 35 heavy (non-hydrogen) atoms. The fourth-order valence-corrected chi connectivity index (χ4v) is 4.40. The lowest BCUT2D eigenvalue weighted by Gasteiger charge is -2.21. The Kier molecular flexibility index (Phi) is 8.13. The second-order valence-electron chi connectivity index (χ2n) is 9.08. The SMILES string of the molecule is CN(CC(=O)Nc1ccc(Oc2ccccc2)cc1)CC1CCN(Cc2ccc(C(=O)O)cc2)C1. The number of carboxylic acid groups (broad SMARTS) is 1. The first kappa shape index (κ1) is 24.4. The molecule has 4 rings (SSSR count). The third kappa shape index (κ3) is 7.40. The number of anilines is 1. The van der Waals surface area contributed by atoms with Crippen molar-refractivity contribution >= 4 is 17.6 Å². The van der Waals surface area contributed by atoms with E-state index < -0.39 is 5.97 Å². The monoisotopic (exact) mass is 473 g/mol. The fourth-order valence-electron chi connectivity index (χ4n) is 4.40. The van der Waals surface area contributed by atoms with Gasteiger partial charge in [0.25, 0.3) is 0 Å². The van der Waals surface area contributed by atoms with Crippen LogP contribution in [-0.2, 0) is 11.3 Å². The maximum atomic E-state index is 12.5. The van der Waals surface area contributed by atoms with Gasteiger partial charge in [0.05, 0.1) is 12.1 Å². The number of likely N-dealkylation sites (tertiary alicyclic amines) is 1. The van der Waals surface area contributed by atoms with Gasteiger partial charge >= 0.3 is 5.97 Å². The fraction of sp³-hybridized carbons (Fsp3) is 0.286. The van der Waals surface area contributed by atoms with E-state index in [1.807, 2.05) is 73.8 Å². The molecule has 0 bridgehead atoms. The highest BCUT2D eigenvalue weighted by molar-refractivity contribution is 5.92. The van der Waals surface area contributed by atoms with Crippen LogP contribution in [0, 0.1) is 5.92 Å². The number of carbonyl (C=O) groups is 2. The predicted octanol–water partition coefficient (Wildman–Crippen LogP) is 4.57. The molecule has 0 radical (unpaired) electrons. The molecule has 0 spiro atoms. The molecule has 1 saturated heterocycles. The molecule has 0 aromatic heterocycles. The Morgan fingerprint density at radius 3 is 2.37 bits per heavy atom. The third-order valence-corrected chi connectivity index (χ3v) is 6.08. The van der Waals surface area contributed by atoms with Gasteiger partial charge in [0, 0.05) is 25.3 Å².